The summed E-state index contributed by atoms with van der Waals surface area (Å²) in [5.41, 5.74) is -0.0651. The molecule has 8 nitrogen and oxygen atoms in total. The first kappa shape index (κ1) is 13.2. The number of hydrogen-bond donors (Lipinski definition) is 0. The zero-order valence-corrected chi connectivity index (χ0v) is 12.5. The molecule has 2 atom stereocenters. The van der Waals surface area contributed by atoms with E-state index in [4.69, 9.17) is 13.6 Å². The van der Waals surface area contributed by atoms with Crippen molar-refractivity contribution < 1.29 is 18.4 Å². The second-order valence-corrected chi connectivity index (χ2v) is 6.65. The Hall–Kier alpha value is -2.22. The fraction of sp³-hybridized carbons (Fsp3) is 0.600. The fourth-order valence-corrected chi connectivity index (χ4v) is 3.60. The molecule has 4 heterocycles. The number of likely N-dealkylation sites (tertiary alicyclic amines) is 1. The van der Waals surface area contributed by atoms with Gasteiger partial charge in [0.1, 0.15) is 6.26 Å². The van der Waals surface area contributed by atoms with Crippen molar-refractivity contribution in [3.63, 3.8) is 0 Å². The number of carbonyl (C=O) groups excluding carboxylic acids is 1. The maximum atomic E-state index is 12.5. The predicted octanol–water partition coefficient (Wildman–Crippen LogP) is 0.975. The van der Waals surface area contributed by atoms with Gasteiger partial charge in [-0.05, 0) is 12.8 Å². The molecule has 8 heteroatoms. The average Bonchev–Trinajstić information content (AvgIpc) is 3.01. The van der Waals surface area contributed by atoms with Crippen molar-refractivity contribution in [3.8, 4) is 0 Å². The monoisotopic (exact) mass is 316 g/mol. The first-order valence-electron chi connectivity index (χ1n) is 7.85. The number of amides is 1. The Morgan fingerprint density at radius 2 is 2.26 bits per heavy atom. The zero-order valence-electron chi connectivity index (χ0n) is 12.5. The summed E-state index contributed by atoms with van der Waals surface area (Å²) in [7, 11) is 0. The molecule has 1 aliphatic carbocycles. The SMILES string of the molecule is O=C(c1cocn1)N1C[C@H]2COC[C@@]2(c2nnc(C3CC3)o2)C1. The first-order valence-corrected chi connectivity index (χ1v) is 7.85. The van der Waals surface area contributed by atoms with Crippen molar-refractivity contribution in [2.45, 2.75) is 24.2 Å². The zero-order chi connectivity index (χ0) is 15.4. The predicted molar refractivity (Wildman–Crippen MR) is 74.7 cm³/mol. The highest BCUT2D eigenvalue weighted by molar-refractivity contribution is 5.92. The van der Waals surface area contributed by atoms with Gasteiger partial charge in [-0.25, -0.2) is 4.98 Å². The average molecular weight is 316 g/mol. The van der Waals surface area contributed by atoms with Crippen LogP contribution in [0.15, 0.2) is 21.5 Å². The third-order valence-corrected chi connectivity index (χ3v) is 5.11. The molecule has 0 unspecified atom stereocenters. The first-order chi connectivity index (χ1) is 11.3. The minimum atomic E-state index is -0.389. The van der Waals surface area contributed by atoms with Gasteiger partial charge in [0.15, 0.2) is 12.1 Å². The third-order valence-electron chi connectivity index (χ3n) is 5.11. The van der Waals surface area contributed by atoms with Crippen molar-refractivity contribution in [1.82, 2.24) is 20.1 Å². The minimum Gasteiger partial charge on any atom is -0.451 e. The van der Waals surface area contributed by atoms with Crippen LogP contribution >= 0.6 is 0 Å². The number of hydrogen-bond acceptors (Lipinski definition) is 7. The molecule has 0 aromatic carbocycles. The molecule has 23 heavy (non-hydrogen) atoms. The fourth-order valence-electron chi connectivity index (χ4n) is 3.60. The molecule has 2 aromatic rings. The number of ether oxygens (including phenoxy) is 1. The van der Waals surface area contributed by atoms with E-state index in [1.807, 2.05) is 0 Å². The second-order valence-electron chi connectivity index (χ2n) is 6.65. The molecule has 5 rings (SSSR count). The smallest absolute Gasteiger partial charge is 0.275 e. The van der Waals surface area contributed by atoms with E-state index in [-0.39, 0.29) is 17.2 Å². The molecule has 2 saturated heterocycles. The van der Waals surface area contributed by atoms with Crippen molar-refractivity contribution in [2.24, 2.45) is 5.92 Å². The van der Waals surface area contributed by atoms with Crippen LogP contribution < -0.4 is 0 Å². The lowest BCUT2D eigenvalue weighted by atomic mass is 9.81. The van der Waals surface area contributed by atoms with E-state index >= 15 is 0 Å². The summed E-state index contributed by atoms with van der Waals surface area (Å²) in [6.07, 6.45) is 4.87. The van der Waals surface area contributed by atoms with E-state index < -0.39 is 0 Å². The van der Waals surface area contributed by atoms with Crippen LogP contribution in [0, 0.1) is 5.92 Å². The van der Waals surface area contributed by atoms with Crippen LogP contribution in [-0.4, -0.2) is 52.3 Å². The Balaban J connectivity index is 1.45. The summed E-state index contributed by atoms with van der Waals surface area (Å²) in [5.74, 6) is 1.79. The van der Waals surface area contributed by atoms with Gasteiger partial charge < -0.3 is 18.5 Å². The van der Waals surface area contributed by atoms with Crippen LogP contribution in [-0.2, 0) is 10.2 Å². The summed E-state index contributed by atoms with van der Waals surface area (Å²) >= 11 is 0. The van der Waals surface area contributed by atoms with Crippen LogP contribution in [0.1, 0.15) is 41.0 Å². The second kappa shape index (κ2) is 4.64. The van der Waals surface area contributed by atoms with Crippen LogP contribution in [0.25, 0.3) is 0 Å². The molecule has 120 valence electrons. The standard InChI is InChI=1S/C15H16N4O4/c20-13(11-5-22-8-16-11)19-3-10-4-21-7-15(10,6-19)14-18-17-12(23-14)9-1-2-9/h5,8-10H,1-4,6-7H2/t10-,15-/m0/s1. The Bertz CT molecular complexity index is 739. The molecule has 0 spiro atoms. The van der Waals surface area contributed by atoms with E-state index in [0.717, 1.165) is 18.7 Å². The Morgan fingerprint density at radius 1 is 1.35 bits per heavy atom. The molecule has 1 saturated carbocycles. The topological polar surface area (TPSA) is 94.5 Å². The highest BCUT2D eigenvalue weighted by atomic mass is 16.5. The Morgan fingerprint density at radius 3 is 3.04 bits per heavy atom. The Kier molecular flexibility index (Phi) is 2.67. The molecule has 0 N–H and O–H groups in total. The van der Waals surface area contributed by atoms with Crippen molar-refractivity contribution in [1.29, 1.82) is 0 Å². The van der Waals surface area contributed by atoms with Crippen molar-refractivity contribution >= 4 is 5.91 Å². The van der Waals surface area contributed by atoms with E-state index in [1.165, 1.54) is 12.7 Å². The van der Waals surface area contributed by atoms with Gasteiger partial charge in [0, 0.05) is 24.9 Å². The van der Waals surface area contributed by atoms with Gasteiger partial charge in [-0.2, -0.15) is 0 Å². The number of carbonyl (C=O) groups is 1. The summed E-state index contributed by atoms with van der Waals surface area (Å²) in [4.78, 5) is 18.3. The molecule has 3 aliphatic rings. The largest absolute Gasteiger partial charge is 0.451 e. The lowest BCUT2D eigenvalue weighted by molar-refractivity contribution is 0.0732. The van der Waals surface area contributed by atoms with Gasteiger partial charge in [-0.3, -0.25) is 4.79 Å². The lowest BCUT2D eigenvalue weighted by Gasteiger charge is -2.22. The summed E-state index contributed by atoms with van der Waals surface area (Å²) in [5, 5.41) is 8.48. The number of rotatable bonds is 3. The van der Waals surface area contributed by atoms with Gasteiger partial charge >= 0.3 is 0 Å². The summed E-state index contributed by atoms with van der Waals surface area (Å²) < 4.78 is 16.5. The highest BCUT2D eigenvalue weighted by Gasteiger charge is 2.56. The van der Waals surface area contributed by atoms with Crippen LogP contribution in [0.3, 0.4) is 0 Å². The highest BCUT2D eigenvalue weighted by Crippen LogP contribution is 2.45. The van der Waals surface area contributed by atoms with Gasteiger partial charge in [0.25, 0.3) is 5.91 Å². The normalized spacial score (nSPS) is 29.9. The molecule has 2 aromatic heterocycles. The van der Waals surface area contributed by atoms with Crippen molar-refractivity contribution in [3.05, 3.63) is 30.1 Å². The lowest BCUT2D eigenvalue weighted by Crippen LogP contribution is -2.37. The van der Waals surface area contributed by atoms with Crippen molar-refractivity contribution in [2.75, 3.05) is 26.3 Å². The van der Waals surface area contributed by atoms with Crippen LogP contribution in [0.2, 0.25) is 0 Å². The quantitative estimate of drug-likeness (QED) is 0.832. The molecular weight excluding hydrogens is 300 g/mol. The molecule has 1 amide bonds. The van der Waals surface area contributed by atoms with Gasteiger partial charge in [0.2, 0.25) is 11.8 Å². The number of nitrogens with zero attached hydrogens (tertiary/aromatic N) is 4. The van der Waals surface area contributed by atoms with Gasteiger partial charge in [-0.15, -0.1) is 10.2 Å². The maximum absolute atomic E-state index is 12.5. The summed E-state index contributed by atoms with van der Waals surface area (Å²) in [6, 6.07) is 0. The molecule has 3 fully saturated rings. The van der Waals surface area contributed by atoms with E-state index in [1.54, 1.807) is 4.90 Å². The van der Waals surface area contributed by atoms with Gasteiger partial charge in [-0.1, -0.05) is 0 Å². The molecular formula is C15H16N4O4. The number of oxazole rings is 1. The minimum absolute atomic E-state index is 0.130. The molecule has 0 radical (unpaired) electrons. The van der Waals surface area contributed by atoms with Gasteiger partial charge in [0.05, 0.1) is 18.6 Å². The number of fused-ring (bicyclic) bond motifs is 1. The third kappa shape index (κ3) is 1.94. The van der Waals surface area contributed by atoms with E-state index in [0.29, 0.717) is 43.8 Å². The van der Waals surface area contributed by atoms with Crippen LogP contribution in [0.5, 0.6) is 0 Å². The number of aromatic nitrogens is 3. The maximum Gasteiger partial charge on any atom is 0.275 e. The van der Waals surface area contributed by atoms with E-state index in [2.05, 4.69) is 15.2 Å². The summed E-state index contributed by atoms with van der Waals surface area (Å²) in [6.45, 7) is 2.22. The van der Waals surface area contributed by atoms with Crippen LogP contribution in [0.4, 0.5) is 0 Å². The van der Waals surface area contributed by atoms with E-state index in [9.17, 15) is 4.79 Å². The Labute approximate surface area is 131 Å². The molecule has 0 bridgehead atoms. The molecule has 2 aliphatic heterocycles.